The maximum atomic E-state index is 12.9. The van der Waals surface area contributed by atoms with Gasteiger partial charge in [0.15, 0.2) is 4.60 Å². The standard InChI is InChI=1S/C12H16BrN5O2S/c1-3-7-18(10-6-4-5-9(14)8-10)21(19,20)12-11(13)15-16-17(12)2/h4-6,8H,3,7,14H2,1-2H3. The van der Waals surface area contributed by atoms with Crippen LogP contribution in [0, 0.1) is 0 Å². The van der Waals surface area contributed by atoms with E-state index < -0.39 is 10.0 Å². The first-order valence-corrected chi connectivity index (χ1v) is 8.54. The lowest BCUT2D eigenvalue weighted by atomic mass is 10.3. The molecule has 2 aromatic rings. The Labute approximate surface area is 131 Å². The van der Waals surface area contributed by atoms with Crippen LogP contribution in [0.5, 0.6) is 0 Å². The summed E-state index contributed by atoms with van der Waals surface area (Å²) in [6.45, 7) is 2.24. The molecule has 0 aliphatic carbocycles. The number of aryl methyl sites for hydroxylation is 1. The number of sulfonamides is 1. The summed E-state index contributed by atoms with van der Waals surface area (Å²) in [5, 5.41) is 7.47. The van der Waals surface area contributed by atoms with Crippen LogP contribution in [-0.4, -0.2) is 30.0 Å². The molecule has 7 nitrogen and oxygen atoms in total. The van der Waals surface area contributed by atoms with Crippen LogP contribution < -0.4 is 10.0 Å². The van der Waals surface area contributed by atoms with Gasteiger partial charge in [-0.25, -0.2) is 4.68 Å². The Kier molecular flexibility index (Phi) is 4.52. The molecule has 0 saturated carbocycles. The van der Waals surface area contributed by atoms with Gasteiger partial charge in [0, 0.05) is 19.3 Å². The maximum absolute atomic E-state index is 12.9. The number of benzene rings is 1. The van der Waals surface area contributed by atoms with Crippen LogP contribution >= 0.6 is 15.9 Å². The fourth-order valence-electron chi connectivity index (χ4n) is 1.97. The third-order valence-corrected chi connectivity index (χ3v) is 5.57. The van der Waals surface area contributed by atoms with Gasteiger partial charge >= 0.3 is 0 Å². The SMILES string of the molecule is CCCN(c1cccc(N)c1)S(=O)(=O)c1c(Br)nnn1C. The van der Waals surface area contributed by atoms with Gasteiger partial charge in [0.25, 0.3) is 10.0 Å². The highest BCUT2D eigenvalue weighted by atomic mass is 79.9. The molecule has 1 aromatic carbocycles. The van der Waals surface area contributed by atoms with E-state index in [0.29, 0.717) is 24.3 Å². The van der Waals surface area contributed by atoms with Crippen molar-refractivity contribution in [2.24, 2.45) is 7.05 Å². The molecule has 0 amide bonds. The third kappa shape index (κ3) is 3.03. The fourth-order valence-corrected chi connectivity index (χ4v) is 4.56. The third-order valence-electron chi connectivity index (χ3n) is 2.86. The zero-order valence-electron chi connectivity index (χ0n) is 11.7. The van der Waals surface area contributed by atoms with Gasteiger partial charge < -0.3 is 5.73 Å². The van der Waals surface area contributed by atoms with Gasteiger partial charge in [-0.2, -0.15) is 8.42 Å². The Morgan fingerprint density at radius 1 is 1.43 bits per heavy atom. The smallest absolute Gasteiger partial charge is 0.284 e. The van der Waals surface area contributed by atoms with Gasteiger partial charge in [-0.1, -0.05) is 18.2 Å². The number of anilines is 2. The van der Waals surface area contributed by atoms with Crippen molar-refractivity contribution in [3.63, 3.8) is 0 Å². The van der Waals surface area contributed by atoms with Crippen molar-refractivity contribution in [1.82, 2.24) is 15.0 Å². The Morgan fingerprint density at radius 3 is 2.67 bits per heavy atom. The van der Waals surface area contributed by atoms with Crippen molar-refractivity contribution in [1.29, 1.82) is 0 Å². The predicted molar refractivity (Wildman–Crippen MR) is 84.4 cm³/mol. The summed E-state index contributed by atoms with van der Waals surface area (Å²) in [6.07, 6.45) is 0.664. The van der Waals surface area contributed by atoms with E-state index in [1.807, 2.05) is 6.92 Å². The first-order valence-electron chi connectivity index (χ1n) is 6.31. The Hall–Kier alpha value is -1.61. The molecule has 1 aromatic heterocycles. The lowest BCUT2D eigenvalue weighted by Gasteiger charge is -2.24. The number of aromatic nitrogens is 3. The summed E-state index contributed by atoms with van der Waals surface area (Å²) in [4.78, 5) is 0. The molecular weight excluding hydrogens is 358 g/mol. The second kappa shape index (κ2) is 6.02. The maximum Gasteiger partial charge on any atom is 0.284 e. The van der Waals surface area contributed by atoms with Crippen molar-refractivity contribution in [2.75, 3.05) is 16.6 Å². The largest absolute Gasteiger partial charge is 0.399 e. The predicted octanol–water partition coefficient (Wildman–Crippen LogP) is 1.77. The summed E-state index contributed by atoms with van der Waals surface area (Å²) >= 11 is 3.13. The average Bonchev–Trinajstić information content (AvgIpc) is 2.75. The molecule has 2 rings (SSSR count). The Balaban J connectivity index is 2.57. The highest BCUT2D eigenvalue weighted by molar-refractivity contribution is 9.10. The van der Waals surface area contributed by atoms with Crippen LogP contribution in [0.1, 0.15) is 13.3 Å². The molecule has 0 unspecified atom stereocenters. The molecule has 21 heavy (non-hydrogen) atoms. The minimum absolute atomic E-state index is 0.0124. The molecule has 0 fully saturated rings. The minimum atomic E-state index is -3.78. The van der Waals surface area contributed by atoms with Crippen molar-refractivity contribution in [3.8, 4) is 0 Å². The number of hydrogen-bond donors (Lipinski definition) is 1. The number of nitrogen functional groups attached to an aromatic ring is 1. The van der Waals surface area contributed by atoms with E-state index in [2.05, 4.69) is 26.2 Å². The van der Waals surface area contributed by atoms with Gasteiger partial charge in [0.1, 0.15) is 0 Å². The number of nitrogens with two attached hydrogens (primary N) is 1. The molecule has 114 valence electrons. The van der Waals surface area contributed by atoms with Crippen LogP contribution in [0.25, 0.3) is 0 Å². The van der Waals surface area contributed by atoms with E-state index in [1.165, 1.54) is 16.0 Å². The molecule has 2 N–H and O–H groups in total. The molecule has 0 aliphatic heterocycles. The number of halogens is 1. The van der Waals surface area contributed by atoms with E-state index in [1.54, 1.807) is 24.3 Å². The molecule has 0 bridgehead atoms. The molecule has 1 heterocycles. The summed E-state index contributed by atoms with van der Waals surface area (Å²) in [5.41, 5.74) is 6.78. The average molecular weight is 374 g/mol. The fraction of sp³-hybridized carbons (Fsp3) is 0.333. The minimum Gasteiger partial charge on any atom is -0.399 e. The first-order chi connectivity index (χ1) is 9.87. The number of hydrogen-bond acceptors (Lipinski definition) is 5. The highest BCUT2D eigenvalue weighted by Gasteiger charge is 2.31. The molecule has 0 saturated heterocycles. The lowest BCUT2D eigenvalue weighted by molar-refractivity contribution is 0.568. The molecule has 0 aliphatic rings. The lowest BCUT2D eigenvalue weighted by Crippen LogP contribution is -2.33. The zero-order valence-corrected chi connectivity index (χ0v) is 14.1. The monoisotopic (exact) mass is 373 g/mol. The molecule has 0 atom stereocenters. The van der Waals surface area contributed by atoms with Gasteiger partial charge in [-0.15, -0.1) is 5.10 Å². The van der Waals surface area contributed by atoms with Crippen molar-refractivity contribution >= 4 is 37.3 Å². The second-order valence-electron chi connectivity index (χ2n) is 4.48. The van der Waals surface area contributed by atoms with Crippen LogP contribution in [-0.2, 0) is 17.1 Å². The highest BCUT2D eigenvalue weighted by Crippen LogP contribution is 2.28. The van der Waals surface area contributed by atoms with Gasteiger partial charge in [0.05, 0.1) is 5.69 Å². The van der Waals surface area contributed by atoms with Gasteiger partial charge in [0.2, 0.25) is 5.03 Å². The second-order valence-corrected chi connectivity index (χ2v) is 7.01. The quantitative estimate of drug-likeness (QED) is 0.805. The Morgan fingerprint density at radius 2 is 2.14 bits per heavy atom. The van der Waals surface area contributed by atoms with Crippen LogP contribution in [0.4, 0.5) is 11.4 Å². The van der Waals surface area contributed by atoms with Crippen molar-refractivity contribution in [2.45, 2.75) is 18.4 Å². The molecule has 0 spiro atoms. The molecule has 9 heteroatoms. The Bertz CT molecular complexity index is 724. The first kappa shape index (κ1) is 15.8. The number of rotatable bonds is 5. The number of nitrogens with zero attached hydrogens (tertiary/aromatic N) is 4. The van der Waals surface area contributed by atoms with Crippen LogP contribution in [0.2, 0.25) is 0 Å². The normalized spacial score (nSPS) is 11.6. The topological polar surface area (TPSA) is 94.1 Å². The zero-order chi connectivity index (χ0) is 15.6. The molecular formula is C12H16BrN5O2S. The van der Waals surface area contributed by atoms with Gasteiger partial charge in [-0.3, -0.25) is 4.31 Å². The van der Waals surface area contributed by atoms with Crippen LogP contribution in [0.15, 0.2) is 33.9 Å². The van der Waals surface area contributed by atoms with E-state index >= 15 is 0 Å². The van der Waals surface area contributed by atoms with Crippen LogP contribution in [0.3, 0.4) is 0 Å². The van der Waals surface area contributed by atoms with Crippen molar-refractivity contribution < 1.29 is 8.42 Å². The van der Waals surface area contributed by atoms with E-state index in [9.17, 15) is 8.42 Å². The summed E-state index contributed by atoms with van der Waals surface area (Å²) in [6, 6.07) is 6.77. The van der Waals surface area contributed by atoms with Crippen molar-refractivity contribution in [3.05, 3.63) is 28.9 Å². The summed E-state index contributed by atoms with van der Waals surface area (Å²) in [5.74, 6) is 0. The summed E-state index contributed by atoms with van der Waals surface area (Å²) in [7, 11) is -2.25. The summed E-state index contributed by atoms with van der Waals surface area (Å²) < 4.78 is 28.5. The van der Waals surface area contributed by atoms with Gasteiger partial charge in [-0.05, 0) is 40.5 Å². The van der Waals surface area contributed by atoms with E-state index in [0.717, 1.165) is 0 Å². The van der Waals surface area contributed by atoms with E-state index in [4.69, 9.17) is 5.73 Å². The van der Waals surface area contributed by atoms with E-state index in [-0.39, 0.29) is 9.63 Å². The molecule has 0 radical (unpaired) electrons.